The molecule has 1 aliphatic rings. The molecule has 0 bridgehead atoms. The van der Waals surface area contributed by atoms with Gasteiger partial charge >= 0.3 is 11.9 Å². The molecule has 1 aromatic carbocycles. The molecule has 0 atom stereocenters. The minimum Gasteiger partial charge on any atom is -0.493 e. The van der Waals surface area contributed by atoms with Crippen molar-refractivity contribution in [3.63, 3.8) is 0 Å². The molecule has 5 nitrogen and oxygen atoms in total. The summed E-state index contributed by atoms with van der Waals surface area (Å²) < 4.78 is 10.3. The highest BCUT2D eigenvalue weighted by atomic mass is 16.6. The van der Waals surface area contributed by atoms with E-state index in [2.05, 4.69) is 0 Å². The van der Waals surface area contributed by atoms with Crippen molar-refractivity contribution >= 4 is 11.9 Å². The van der Waals surface area contributed by atoms with Crippen molar-refractivity contribution < 1.29 is 24.2 Å². The average Bonchev–Trinajstić information content (AvgIpc) is 2.27. The van der Waals surface area contributed by atoms with Gasteiger partial charge < -0.3 is 14.6 Å². The number of esters is 1. The molecule has 96 valence electrons. The van der Waals surface area contributed by atoms with Crippen molar-refractivity contribution in [1.29, 1.82) is 0 Å². The molecule has 0 aromatic heterocycles. The van der Waals surface area contributed by atoms with Gasteiger partial charge in [0.05, 0.1) is 18.9 Å². The predicted octanol–water partition coefficient (Wildman–Crippen LogP) is 1.71. The van der Waals surface area contributed by atoms with Gasteiger partial charge in [0.15, 0.2) is 11.5 Å². The molecular formula is C13H14O5. The molecule has 18 heavy (non-hydrogen) atoms. The van der Waals surface area contributed by atoms with Crippen molar-refractivity contribution in [3.8, 4) is 11.5 Å². The molecule has 1 aromatic rings. The third kappa shape index (κ3) is 2.45. The van der Waals surface area contributed by atoms with Gasteiger partial charge in [-0.05, 0) is 25.0 Å². The Kier molecular flexibility index (Phi) is 3.50. The van der Waals surface area contributed by atoms with Gasteiger partial charge in [-0.3, -0.25) is 9.59 Å². The van der Waals surface area contributed by atoms with Crippen molar-refractivity contribution in [3.05, 3.63) is 24.3 Å². The lowest BCUT2D eigenvalue weighted by Crippen LogP contribution is -2.37. The molecule has 1 N–H and O–H groups in total. The summed E-state index contributed by atoms with van der Waals surface area (Å²) in [6.07, 6.45) is 0.701. The first kappa shape index (κ1) is 12.4. The average molecular weight is 250 g/mol. The van der Waals surface area contributed by atoms with Gasteiger partial charge in [-0.1, -0.05) is 12.1 Å². The summed E-state index contributed by atoms with van der Waals surface area (Å²) in [4.78, 5) is 22.4. The predicted molar refractivity (Wildman–Crippen MR) is 62.5 cm³/mol. The summed E-state index contributed by atoms with van der Waals surface area (Å²) in [6.45, 7) is 0. The Labute approximate surface area is 104 Å². The molecule has 0 amide bonds. The van der Waals surface area contributed by atoms with Crippen LogP contribution in [0.2, 0.25) is 0 Å². The van der Waals surface area contributed by atoms with Gasteiger partial charge in [-0.15, -0.1) is 0 Å². The van der Waals surface area contributed by atoms with Crippen LogP contribution in [0.4, 0.5) is 0 Å². The van der Waals surface area contributed by atoms with E-state index in [1.54, 1.807) is 24.3 Å². The van der Waals surface area contributed by atoms with E-state index >= 15 is 0 Å². The van der Waals surface area contributed by atoms with Crippen LogP contribution in [0.15, 0.2) is 24.3 Å². The first-order valence-electron chi connectivity index (χ1n) is 5.69. The number of aliphatic carboxylic acids is 1. The number of para-hydroxylation sites is 2. The largest absolute Gasteiger partial charge is 0.493 e. The molecule has 0 radical (unpaired) electrons. The van der Waals surface area contributed by atoms with Gasteiger partial charge in [-0.25, -0.2) is 0 Å². The van der Waals surface area contributed by atoms with Crippen LogP contribution in [-0.2, 0) is 9.59 Å². The number of carboxylic acids is 1. The number of carbonyl (C=O) groups excluding carboxylic acids is 1. The third-order valence-corrected chi connectivity index (χ3v) is 3.10. The number of benzene rings is 1. The van der Waals surface area contributed by atoms with E-state index in [1.807, 2.05) is 0 Å². The lowest BCUT2D eigenvalue weighted by atomic mass is 9.75. The van der Waals surface area contributed by atoms with Gasteiger partial charge in [0, 0.05) is 0 Å². The number of methoxy groups -OCH3 is 1. The Morgan fingerprint density at radius 3 is 2.33 bits per heavy atom. The summed E-state index contributed by atoms with van der Waals surface area (Å²) in [5, 5.41) is 8.73. The molecule has 0 unspecified atom stereocenters. The zero-order valence-electron chi connectivity index (χ0n) is 9.96. The number of hydrogen-bond donors (Lipinski definition) is 1. The van der Waals surface area contributed by atoms with E-state index in [4.69, 9.17) is 14.6 Å². The molecule has 0 heterocycles. The summed E-state index contributed by atoms with van der Waals surface area (Å²) in [5.74, 6) is -1.13. The molecule has 1 aliphatic carbocycles. The SMILES string of the molecule is COc1ccccc1OC(=O)C1CC(C(=O)O)C1. The number of ether oxygens (including phenoxy) is 2. The smallest absolute Gasteiger partial charge is 0.314 e. The van der Waals surface area contributed by atoms with Gasteiger partial charge in [0.25, 0.3) is 0 Å². The van der Waals surface area contributed by atoms with E-state index in [0.717, 1.165) is 0 Å². The maximum Gasteiger partial charge on any atom is 0.314 e. The van der Waals surface area contributed by atoms with Gasteiger partial charge in [0.2, 0.25) is 0 Å². The van der Waals surface area contributed by atoms with Gasteiger partial charge in [0.1, 0.15) is 0 Å². The van der Waals surface area contributed by atoms with Crippen LogP contribution in [0.25, 0.3) is 0 Å². The maximum atomic E-state index is 11.8. The van der Waals surface area contributed by atoms with Crippen LogP contribution in [0.1, 0.15) is 12.8 Å². The van der Waals surface area contributed by atoms with Crippen LogP contribution in [0.5, 0.6) is 11.5 Å². The summed E-state index contributed by atoms with van der Waals surface area (Å²) in [7, 11) is 1.50. The standard InChI is InChI=1S/C13H14O5/c1-17-10-4-2-3-5-11(10)18-13(16)9-6-8(7-9)12(14)15/h2-5,8-9H,6-7H2,1H3,(H,14,15). The Balaban J connectivity index is 1.94. The minimum absolute atomic E-state index is 0.323. The topological polar surface area (TPSA) is 72.8 Å². The molecule has 1 fully saturated rings. The Hall–Kier alpha value is -2.04. The second kappa shape index (κ2) is 5.08. The Bertz CT molecular complexity index is 462. The molecular weight excluding hydrogens is 236 g/mol. The van der Waals surface area contributed by atoms with E-state index in [9.17, 15) is 9.59 Å². The number of carboxylic acid groups (broad SMARTS) is 1. The highest BCUT2D eigenvalue weighted by Crippen LogP contribution is 2.36. The highest BCUT2D eigenvalue weighted by Gasteiger charge is 2.40. The normalized spacial score (nSPS) is 21.8. The first-order valence-corrected chi connectivity index (χ1v) is 5.69. The fourth-order valence-corrected chi connectivity index (χ4v) is 1.91. The minimum atomic E-state index is -0.851. The third-order valence-electron chi connectivity index (χ3n) is 3.10. The van der Waals surface area contributed by atoms with Crippen LogP contribution in [0, 0.1) is 11.8 Å². The fourth-order valence-electron chi connectivity index (χ4n) is 1.91. The van der Waals surface area contributed by atoms with Gasteiger partial charge in [-0.2, -0.15) is 0 Å². The molecule has 0 aliphatic heterocycles. The lowest BCUT2D eigenvalue weighted by molar-refractivity contribution is -0.152. The lowest BCUT2D eigenvalue weighted by Gasteiger charge is -2.30. The van der Waals surface area contributed by atoms with E-state index in [0.29, 0.717) is 24.3 Å². The van der Waals surface area contributed by atoms with Crippen LogP contribution in [0.3, 0.4) is 0 Å². The van der Waals surface area contributed by atoms with Crippen molar-refractivity contribution in [2.75, 3.05) is 7.11 Å². The number of hydrogen-bond acceptors (Lipinski definition) is 4. The molecule has 0 saturated heterocycles. The second-order valence-corrected chi connectivity index (χ2v) is 4.28. The molecule has 2 rings (SSSR count). The van der Waals surface area contributed by atoms with Crippen molar-refractivity contribution in [1.82, 2.24) is 0 Å². The van der Waals surface area contributed by atoms with Crippen LogP contribution in [-0.4, -0.2) is 24.2 Å². The monoisotopic (exact) mass is 250 g/mol. The first-order chi connectivity index (χ1) is 8.61. The zero-order chi connectivity index (χ0) is 13.1. The number of rotatable bonds is 4. The van der Waals surface area contributed by atoms with E-state index in [1.165, 1.54) is 7.11 Å². The summed E-state index contributed by atoms with van der Waals surface area (Å²) in [5.41, 5.74) is 0. The summed E-state index contributed by atoms with van der Waals surface area (Å²) in [6, 6.07) is 6.86. The molecule has 5 heteroatoms. The summed E-state index contributed by atoms with van der Waals surface area (Å²) >= 11 is 0. The van der Waals surface area contributed by atoms with Crippen molar-refractivity contribution in [2.45, 2.75) is 12.8 Å². The van der Waals surface area contributed by atoms with E-state index < -0.39 is 17.9 Å². The van der Waals surface area contributed by atoms with E-state index in [-0.39, 0.29) is 5.92 Å². The highest BCUT2D eigenvalue weighted by molar-refractivity contribution is 5.80. The molecule has 1 saturated carbocycles. The van der Waals surface area contributed by atoms with Crippen molar-refractivity contribution in [2.24, 2.45) is 11.8 Å². The zero-order valence-corrected chi connectivity index (χ0v) is 9.96. The number of carbonyl (C=O) groups is 2. The maximum absolute atomic E-state index is 11.8. The Morgan fingerprint density at radius 1 is 1.17 bits per heavy atom. The van der Waals surface area contributed by atoms with Crippen LogP contribution < -0.4 is 9.47 Å². The fraction of sp³-hybridized carbons (Fsp3) is 0.385. The Morgan fingerprint density at radius 2 is 1.78 bits per heavy atom. The second-order valence-electron chi connectivity index (χ2n) is 4.28. The quantitative estimate of drug-likeness (QED) is 0.650. The van der Waals surface area contributed by atoms with Crippen LogP contribution >= 0.6 is 0 Å². The molecule has 0 spiro atoms.